The molecule has 4 rings (SSSR count). The van der Waals surface area contributed by atoms with Crippen molar-refractivity contribution in [2.45, 2.75) is 26.7 Å². The van der Waals surface area contributed by atoms with E-state index in [1.165, 1.54) is 10.5 Å². The van der Waals surface area contributed by atoms with Crippen molar-refractivity contribution in [1.82, 2.24) is 14.5 Å². The van der Waals surface area contributed by atoms with Gasteiger partial charge in [-0.1, -0.05) is 37.6 Å². The zero-order chi connectivity index (χ0) is 27.2. The van der Waals surface area contributed by atoms with Gasteiger partial charge < -0.3 is 9.64 Å². The monoisotopic (exact) mass is 530 g/mol. The lowest BCUT2D eigenvalue weighted by Crippen LogP contribution is -2.38. The molecule has 196 valence electrons. The van der Waals surface area contributed by atoms with Gasteiger partial charge in [-0.2, -0.15) is 0 Å². The number of amides is 2. The van der Waals surface area contributed by atoms with Crippen LogP contribution in [0.2, 0.25) is 5.02 Å². The fourth-order valence-electron chi connectivity index (χ4n) is 4.03. The van der Waals surface area contributed by atoms with Crippen molar-refractivity contribution in [1.29, 1.82) is 0 Å². The second-order valence-electron chi connectivity index (χ2n) is 9.17. The molecule has 2 amide bonds. The summed E-state index contributed by atoms with van der Waals surface area (Å²) in [5.74, 6) is 0.926. The number of likely N-dealkylation sites (N-methyl/N-ethyl adjacent to an activating group) is 1. The molecule has 0 spiro atoms. The van der Waals surface area contributed by atoms with Crippen LogP contribution in [0.3, 0.4) is 0 Å². The lowest BCUT2D eigenvalue weighted by atomic mass is 10.0. The average molecular weight is 531 g/mol. The number of hydrogen-bond acceptors (Lipinski definition) is 4. The first kappa shape index (κ1) is 26.9. The maximum Gasteiger partial charge on any atom is 0.254 e. The zero-order valence-electron chi connectivity index (χ0n) is 21.9. The van der Waals surface area contributed by atoms with Crippen molar-refractivity contribution in [3.05, 3.63) is 95.1 Å². The number of benzene rings is 3. The molecule has 3 aromatic carbocycles. The predicted octanol–water partition coefficient (Wildman–Crippen LogP) is 6.43. The number of rotatable bonds is 9. The van der Waals surface area contributed by atoms with Crippen molar-refractivity contribution in [3.63, 3.8) is 0 Å². The molecule has 1 N–H and O–H groups in total. The van der Waals surface area contributed by atoms with Crippen molar-refractivity contribution in [3.8, 4) is 22.7 Å². The molecule has 0 atom stereocenters. The number of halogens is 1. The SMILES string of the molecule is CCN(CC(=O)Nc1nc(-c2ccc(OC)cc2)cn1-c1ccc(C(C)C)cc1)C(=O)c1ccc(Cl)cc1. The summed E-state index contributed by atoms with van der Waals surface area (Å²) in [6.45, 7) is 6.38. The summed E-state index contributed by atoms with van der Waals surface area (Å²) in [5, 5.41) is 3.46. The van der Waals surface area contributed by atoms with Gasteiger partial charge in [0.15, 0.2) is 0 Å². The molecule has 4 aromatic rings. The van der Waals surface area contributed by atoms with Crippen molar-refractivity contribution in [2.24, 2.45) is 0 Å². The Hall–Kier alpha value is -4.10. The summed E-state index contributed by atoms with van der Waals surface area (Å²) in [4.78, 5) is 32.3. The highest BCUT2D eigenvalue weighted by atomic mass is 35.5. The van der Waals surface area contributed by atoms with E-state index in [-0.39, 0.29) is 18.4 Å². The van der Waals surface area contributed by atoms with Crippen LogP contribution >= 0.6 is 11.6 Å². The molecule has 38 heavy (non-hydrogen) atoms. The molecule has 0 bridgehead atoms. The number of anilines is 1. The van der Waals surface area contributed by atoms with E-state index in [9.17, 15) is 9.59 Å². The third-order valence-electron chi connectivity index (χ3n) is 6.28. The highest BCUT2D eigenvalue weighted by Crippen LogP contribution is 2.27. The van der Waals surface area contributed by atoms with E-state index in [1.54, 1.807) is 31.4 Å². The van der Waals surface area contributed by atoms with Gasteiger partial charge in [-0.3, -0.25) is 19.5 Å². The first-order chi connectivity index (χ1) is 18.3. The van der Waals surface area contributed by atoms with Gasteiger partial charge in [-0.05, 0) is 79.1 Å². The van der Waals surface area contributed by atoms with E-state index in [2.05, 4.69) is 31.3 Å². The minimum absolute atomic E-state index is 0.116. The number of carbonyl (C=O) groups is 2. The quantitative estimate of drug-likeness (QED) is 0.271. The molecule has 0 aliphatic carbocycles. The van der Waals surface area contributed by atoms with Gasteiger partial charge in [0.25, 0.3) is 5.91 Å². The smallest absolute Gasteiger partial charge is 0.254 e. The largest absolute Gasteiger partial charge is 0.497 e. The Kier molecular flexibility index (Phi) is 8.48. The Bertz CT molecular complexity index is 1400. The summed E-state index contributed by atoms with van der Waals surface area (Å²) < 4.78 is 7.12. The van der Waals surface area contributed by atoms with E-state index in [0.29, 0.717) is 34.7 Å². The number of ether oxygens (including phenoxy) is 1. The summed E-state index contributed by atoms with van der Waals surface area (Å²) in [7, 11) is 1.62. The second-order valence-corrected chi connectivity index (χ2v) is 9.61. The topological polar surface area (TPSA) is 76.5 Å². The van der Waals surface area contributed by atoms with Gasteiger partial charge in [0, 0.05) is 34.6 Å². The maximum atomic E-state index is 13.1. The normalized spacial score (nSPS) is 10.9. The molecule has 0 saturated carbocycles. The third-order valence-corrected chi connectivity index (χ3v) is 6.53. The number of imidazole rings is 1. The van der Waals surface area contributed by atoms with E-state index < -0.39 is 0 Å². The molecule has 0 saturated heterocycles. The standard InChI is InChI=1S/C30H31ClN4O3/c1-5-34(29(37)23-6-12-24(31)13-7-23)19-28(36)33-30-32-27(22-10-16-26(38-4)17-11-22)18-35(30)25-14-8-21(9-15-25)20(2)3/h6-18,20H,5,19H2,1-4H3,(H,32,33,36). The summed E-state index contributed by atoms with van der Waals surface area (Å²) in [6, 6.07) is 22.3. The van der Waals surface area contributed by atoms with E-state index in [0.717, 1.165) is 17.0 Å². The van der Waals surface area contributed by atoms with Crippen LogP contribution in [0.25, 0.3) is 16.9 Å². The van der Waals surface area contributed by atoms with Crippen molar-refractivity contribution < 1.29 is 14.3 Å². The van der Waals surface area contributed by atoms with E-state index >= 15 is 0 Å². The molecule has 1 heterocycles. The molecule has 0 aliphatic heterocycles. The number of nitrogens with one attached hydrogen (secondary N) is 1. The molecular formula is C30H31ClN4O3. The van der Waals surface area contributed by atoms with Crippen LogP contribution in [-0.4, -0.2) is 46.5 Å². The van der Waals surface area contributed by atoms with E-state index in [4.69, 9.17) is 21.3 Å². The minimum atomic E-state index is -0.346. The van der Waals surface area contributed by atoms with Crippen LogP contribution in [0.1, 0.15) is 42.6 Å². The van der Waals surface area contributed by atoms with Gasteiger partial charge in [0.1, 0.15) is 12.3 Å². The first-order valence-electron chi connectivity index (χ1n) is 12.5. The number of carbonyl (C=O) groups excluding carboxylic acids is 2. The molecule has 0 aliphatic rings. The Morgan fingerprint density at radius 2 is 1.66 bits per heavy atom. The first-order valence-corrected chi connectivity index (χ1v) is 12.9. The Morgan fingerprint density at radius 1 is 1.00 bits per heavy atom. The van der Waals surface area contributed by atoms with Crippen LogP contribution in [0.15, 0.2) is 79.0 Å². The van der Waals surface area contributed by atoms with Gasteiger partial charge in [-0.25, -0.2) is 4.98 Å². The Balaban J connectivity index is 1.61. The van der Waals surface area contributed by atoms with Crippen LogP contribution in [0.4, 0.5) is 5.95 Å². The minimum Gasteiger partial charge on any atom is -0.497 e. The van der Waals surface area contributed by atoms with Gasteiger partial charge in [-0.15, -0.1) is 0 Å². The van der Waals surface area contributed by atoms with E-state index in [1.807, 2.05) is 54.1 Å². The number of nitrogens with zero attached hydrogens (tertiary/aromatic N) is 3. The van der Waals surface area contributed by atoms with Gasteiger partial charge in [0.2, 0.25) is 11.9 Å². The summed E-state index contributed by atoms with van der Waals surface area (Å²) >= 11 is 5.95. The summed E-state index contributed by atoms with van der Waals surface area (Å²) in [5.41, 5.74) is 4.13. The molecular weight excluding hydrogens is 500 g/mol. The zero-order valence-corrected chi connectivity index (χ0v) is 22.7. The molecule has 0 radical (unpaired) electrons. The van der Waals surface area contributed by atoms with Crippen LogP contribution in [-0.2, 0) is 4.79 Å². The molecule has 0 fully saturated rings. The van der Waals surface area contributed by atoms with Crippen molar-refractivity contribution >= 4 is 29.4 Å². The Labute approximate surface area is 228 Å². The van der Waals surface area contributed by atoms with Crippen LogP contribution < -0.4 is 10.1 Å². The van der Waals surface area contributed by atoms with Gasteiger partial charge in [0.05, 0.1) is 12.8 Å². The fraction of sp³-hybridized carbons (Fsp3) is 0.233. The summed E-state index contributed by atoms with van der Waals surface area (Å²) in [6.07, 6.45) is 1.89. The molecule has 8 heteroatoms. The highest BCUT2D eigenvalue weighted by Gasteiger charge is 2.20. The van der Waals surface area contributed by atoms with Crippen molar-refractivity contribution in [2.75, 3.05) is 25.5 Å². The highest BCUT2D eigenvalue weighted by molar-refractivity contribution is 6.30. The van der Waals surface area contributed by atoms with Gasteiger partial charge >= 0.3 is 0 Å². The third kappa shape index (κ3) is 6.23. The second kappa shape index (κ2) is 12.0. The molecule has 1 aromatic heterocycles. The molecule has 7 nitrogen and oxygen atoms in total. The number of hydrogen-bond donors (Lipinski definition) is 1. The molecule has 0 unspecified atom stereocenters. The Morgan fingerprint density at radius 3 is 2.24 bits per heavy atom. The lowest BCUT2D eigenvalue weighted by molar-refractivity contribution is -0.116. The predicted molar refractivity (Wildman–Crippen MR) is 151 cm³/mol. The lowest BCUT2D eigenvalue weighted by Gasteiger charge is -2.20. The average Bonchev–Trinajstić information content (AvgIpc) is 3.35. The fourth-order valence-corrected chi connectivity index (χ4v) is 4.15. The number of aromatic nitrogens is 2. The van der Waals surface area contributed by atoms with Crippen LogP contribution in [0, 0.1) is 0 Å². The number of methoxy groups -OCH3 is 1. The maximum absolute atomic E-state index is 13.1. The van der Waals surface area contributed by atoms with Crippen LogP contribution in [0.5, 0.6) is 5.75 Å².